The second-order valence-electron chi connectivity index (χ2n) is 13.2. The number of fused-ring (bicyclic) bond motifs is 1. The lowest BCUT2D eigenvalue weighted by Gasteiger charge is -2.35. The largest absolute Gasteiger partial charge is 0.473 e. The molecule has 0 bridgehead atoms. The van der Waals surface area contributed by atoms with Crippen LogP contribution in [0.2, 0.25) is 0 Å². The molecule has 1 spiro atoms. The van der Waals surface area contributed by atoms with E-state index in [9.17, 15) is 5.26 Å². The summed E-state index contributed by atoms with van der Waals surface area (Å²) in [6.45, 7) is 8.19. The number of nitrogens with one attached hydrogen (secondary N) is 1. The molecular weight excluding hydrogens is 572 g/mol. The number of piperazine rings is 1. The number of nitrogen functional groups attached to an aromatic ring is 1. The zero-order valence-electron chi connectivity index (χ0n) is 26.2. The van der Waals surface area contributed by atoms with Crippen LogP contribution in [-0.4, -0.2) is 70.9 Å². The van der Waals surface area contributed by atoms with Crippen LogP contribution < -0.4 is 20.7 Å². The summed E-state index contributed by atoms with van der Waals surface area (Å²) in [6.07, 6.45) is 10.4. The summed E-state index contributed by atoms with van der Waals surface area (Å²) in [5.41, 5.74) is 9.88. The zero-order valence-corrected chi connectivity index (χ0v) is 27.0. The van der Waals surface area contributed by atoms with Gasteiger partial charge in [0.15, 0.2) is 11.5 Å². The van der Waals surface area contributed by atoms with Gasteiger partial charge in [-0.25, -0.2) is 4.98 Å². The minimum atomic E-state index is -0.0465. The van der Waals surface area contributed by atoms with Crippen LogP contribution in [0.5, 0.6) is 5.88 Å². The first-order valence-electron chi connectivity index (χ1n) is 16.5. The maximum absolute atomic E-state index is 10.00. The van der Waals surface area contributed by atoms with E-state index >= 15 is 0 Å². The van der Waals surface area contributed by atoms with Gasteiger partial charge in [0, 0.05) is 53.6 Å². The number of nitrogens with zero attached hydrogens (tertiary/aromatic N) is 6. The fourth-order valence-electron chi connectivity index (χ4n) is 7.60. The van der Waals surface area contributed by atoms with Crippen molar-refractivity contribution in [2.24, 2.45) is 0 Å². The SMILES string of the molecule is CCCCc1c(-c2nc(O[C@@H](C)[C@@H]3CCCN3C)cc(N3CCNC4(CC4)C3)n2)noc1[C@H]1CCCc2sc(N)c(C#N)c21. The Morgan fingerprint density at radius 2 is 2.14 bits per heavy atom. The highest BCUT2D eigenvalue weighted by Gasteiger charge is 2.46. The molecule has 0 aromatic carbocycles. The highest BCUT2D eigenvalue weighted by Crippen LogP contribution is 2.47. The number of thiophene rings is 1. The number of hydrogen-bond donors (Lipinski definition) is 2. The third-order valence-corrected chi connectivity index (χ3v) is 11.3. The van der Waals surface area contributed by atoms with Gasteiger partial charge in [0.25, 0.3) is 0 Å². The van der Waals surface area contributed by atoms with E-state index in [1.54, 1.807) is 11.3 Å². The van der Waals surface area contributed by atoms with Crippen molar-refractivity contribution in [3.63, 3.8) is 0 Å². The number of rotatable bonds is 9. The van der Waals surface area contributed by atoms with Crippen LogP contribution in [0.25, 0.3) is 11.5 Å². The maximum atomic E-state index is 10.00. The first-order chi connectivity index (χ1) is 21.4. The summed E-state index contributed by atoms with van der Waals surface area (Å²) < 4.78 is 12.9. The Kier molecular flexibility index (Phi) is 8.02. The second kappa shape index (κ2) is 12.0. The average molecular weight is 617 g/mol. The smallest absolute Gasteiger partial charge is 0.219 e. The third-order valence-electron chi connectivity index (χ3n) is 10.2. The van der Waals surface area contributed by atoms with Crippen molar-refractivity contribution < 1.29 is 9.26 Å². The molecule has 1 saturated carbocycles. The summed E-state index contributed by atoms with van der Waals surface area (Å²) in [7, 11) is 2.18. The Morgan fingerprint density at radius 3 is 2.89 bits per heavy atom. The van der Waals surface area contributed by atoms with Crippen molar-refractivity contribution in [3.05, 3.63) is 33.4 Å². The van der Waals surface area contributed by atoms with Gasteiger partial charge in [-0.05, 0) is 83.9 Å². The van der Waals surface area contributed by atoms with Crippen LogP contribution in [0, 0.1) is 11.3 Å². The fourth-order valence-corrected chi connectivity index (χ4v) is 8.72. The molecule has 4 aliphatic rings. The van der Waals surface area contributed by atoms with Gasteiger partial charge in [0.1, 0.15) is 28.8 Å². The lowest BCUT2D eigenvalue weighted by molar-refractivity contribution is 0.117. The van der Waals surface area contributed by atoms with E-state index in [2.05, 4.69) is 47.2 Å². The van der Waals surface area contributed by atoms with Crippen LogP contribution >= 0.6 is 11.3 Å². The lowest BCUT2D eigenvalue weighted by Crippen LogP contribution is -2.52. The molecule has 5 heterocycles. The minimum Gasteiger partial charge on any atom is -0.473 e. The molecular formula is C33H44N8O2S. The summed E-state index contributed by atoms with van der Waals surface area (Å²) in [5, 5.41) is 19.0. The molecule has 10 nitrogen and oxygen atoms in total. The summed E-state index contributed by atoms with van der Waals surface area (Å²) >= 11 is 1.55. The van der Waals surface area contributed by atoms with Crippen molar-refractivity contribution in [1.82, 2.24) is 25.3 Å². The molecule has 11 heteroatoms. The molecule has 234 valence electrons. The molecule has 3 aromatic rings. The number of aryl methyl sites for hydroxylation is 1. The lowest BCUT2D eigenvalue weighted by atomic mass is 9.81. The second-order valence-corrected chi connectivity index (χ2v) is 14.4. The van der Waals surface area contributed by atoms with E-state index in [0.29, 0.717) is 34.0 Å². The van der Waals surface area contributed by atoms with Crippen molar-refractivity contribution >= 4 is 22.2 Å². The summed E-state index contributed by atoms with van der Waals surface area (Å²) in [4.78, 5) is 16.1. The molecule has 2 saturated heterocycles. The van der Waals surface area contributed by atoms with E-state index in [-0.39, 0.29) is 17.6 Å². The van der Waals surface area contributed by atoms with Crippen LogP contribution in [0.1, 0.15) is 98.5 Å². The molecule has 3 aromatic heterocycles. The van der Waals surface area contributed by atoms with Gasteiger partial charge in [-0.3, -0.25) is 4.90 Å². The van der Waals surface area contributed by atoms with Crippen LogP contribution in [0.4, 0.5) is 10.8 Å². The van der Waals surface area contributed by atoms with E-state index in [1.165, 1.54) is 24.1 Å². The molecule has 3 fully saturated rings. The van der Waals surface area contributed by atoms with Crippen LogP contribution in [0.3, 0.4) is 0 Å². The van der Waals surface area contributed by atoms with Gasteiger partial charge in [0.05, 0.1) is 5.56 Å². The molecule has 0 amide bonds. The van der Waals surface area contributed by atoms with E-state index in [1.807, 2.05) is 6.07 Å². The van der Waals surface area contributed by atoms with Gasteiger partial charge in [0.2, 0.25) is 5.88 Å². The fraction of sp³-hybridized carbons (Fsp3) is 0.636. The number of likely N-dealkylation sites (tertiary alicyclic amines) is 1. The van der Waals surface area contributed by atoms with E-state index in [0.717, 1.165) is 93.8 Å². The predicted octanol–water partition coefficient (Wildman–Crippen LogP) is 5.26. The topological polar surface area (TPSA) is 129 Å². The van der Waals surface area contributed by atoms with Crippen molar-refractivity contribution in [2.45, 2.75) is 102 Å². The zero-order chi connectivity index (χ0) is 30.4. The van der Waals surface area contributed by atoms with Gasteiger partial charge < -0.3 is 25.2 Å². The average Bonchev–Trinajstić information content (AvgIpc) is 3.34. The molecule has 0 unspecified atom stereocenters. The molecule has 3 atom stereocenters. The Labute approximate surface area is 264 Å². The Morgan fingerprint density at radius 1 is 1.27 bits per heavy atom. The summed E-state index contributed by atoms with van der Waals surface area (Å²) in [5.74, 6) is 2.81. The van der Waals surface area contributed by atoms with Crippen molar-refractivity contribution in [1.29, 1.82) is 5.26 Å². The Balaban J connectivity index is 1.30. The highest BCUT2D eigenvalue weighted by atomic mass is 32.1. The molecule has 3 N–H and O–H groups in total. The van der Waals surface area contributed by atoms with Gasteiger partial charge in [-0.15, -0.1) is 11.3 Å². The Hall–Kier alpha value is -3.20. The first kappa shape index (κ1) is 29.5. The molecule has 2 aliphatic carbocycles. The number of nitriles is 1. The Bertz CT molecular complexity index is 1560. The van der Waals surface area contributed by atoms with Crippen molar-refractivity contribution in [3.8, 4) is 23.5 Å². The number of anilines is 2. The van der Waals surface area contributed by atoms with Crippen LogP contribution in [0.15, 0.2) is 10.6 Å². The molecule has 2 aliphatic heterocycles. The quantitative estimate of drug-likeness (QED) is 0.328. The van der Waals surface area contributed by atoms with Gasteiger partial charge in [-0.2, -0.15) is 10.2 Å². The first-order valence-corrected chi connectivity index (χ1v) is 17.3. The van der Waals surface area contributed by atoms with Gasteiger partial charge in [-0.1, -0.05) is 18.5 Å². The number of likely N-dealkylation sites (N-methyl/N-ethyl adjacent to an activating group) is 1. The molecule has 7 rings (SSSR count). The van der Waals surface area contributed by atoms with E-state index in [4.69, 9.17) is 25.0 Å². The minimum absolute atomic E-state index is 0.00237. The number of unbranched alkanes of at least 4 members (excludes halogenated alkanes) is 1. The number of aromatic nitrogens is 3. The summed E-state index contributed by atoms with van der Waals surface area (Å²) in [6, 6.07) is 4.76. The van der Waals surface area contributed by atoms with Gasteiger partial charge >= 0.3 is 0 Å². The molecule has 44 heavy (non-hydrogen) atoms. The molecule has 0 radical (unpaired) electrons. The highest BCUT2D eigenvalue weighted by molar-refractivity contribution is 7.16. The predicted molar refractivity (Wildman–Crippen MR) is 172 cm³/mol. The monoisotopic (exact) mass is 616 g/mol. The number of nitrogens with two attached hydrogens (primary N) is 1. The van der Waals surface area contributed by atoms with E-state index < -0.39 is 0 Å². The number of hydrogen-bond acceptors (Lipinski definition) is 11. The standard InChI is InChI=1S/C33H44N8O2S/c1-4-5-8-22-29(39-43-30(22)21-9-6-11-25-28(21)23(18-34)31(35)44-25)32-37-26(41-16-14-36-33(19-41)12-13-33)17-27(38-32)42-20(2)24-10-7-15-40(24)3/h17,20-21,24,36H,4-16,19,35H2,1-3H3/t20-,21-,24-/m0/s1. The van der Waals surface area contributed by atoms with Crippen molar-refractivity contribution in [2.75, 3.05) is 43.9 Å². The normalized spacial score (nSPS) is 23.5. The number of ether oxygens (including phenoxy) is 1. The maximum Gasteiger partial charge on any atom is 0.219 e. The van der Waals surface area contributed by atoms with Crippen LogP contribution in [-0.2, 0) is 12.8 Å². The third kappa shape index (κ3) is 5.46.